The average molecular weight is 425 g/mol. The van der Waals surface area contributed by atoms with Crippen molar-refractivity contribution in [1.82, 2.24) is 10.6 Å². The highest BCUT2D eigenvalue weighted by Gasteiger charge is 2.15. The summed E-state index contributed by atoms with van der Waals surface area (Å²) in [5.74, 6) is 0.864. The molecule has 1 saturated heterocycles. The summed E-state index contributed by atoms with van der Waals surface area (Å²) in [6, 6.07) is 0. The van der Waals surface area contributed by atoms with Crippen molar-refractivity contribution in [2.45, 2.75) is 63.6 Å². The molecule has 5 nitrogen and oxygen atoms in total. The van der Waals surface area contributed by atoms with Crippen LogP contribution in [0.3, 0.4) is 0 Å². The summed E-state index contributed by atoms with van der Waals surface area (Å²) < 4.78 is 11.5. The topological polar surface area (TPSA) is 54.9 Å². The molecule has 22 heavy (non-hydrogen) atoms. The van der Waals surface area contributed by atoms with Crippen LogP contribution in [0.15, 0.2) is 4.99 Å². The fourth-order valence-electron chi connectivity index (χ4n) is 3.00. The molecule has 2 N–H and O–H groups in total. The molecular weight excluding hydrogens is 393 g/mol. The van der Waals surface area contributed by atoms with Gasteiger partial charge < -0.3 is 20.1 Å². The number of halogens is 1. The molecule has 1 heterocycles. The third-order valence-electron chi connectivity index (χ3n) is 4.26. The van der Waals surface area contributed by atoms with E-state index in [9.17, 15) is 0 Å². The Labute approximate surface area is 152 Å². The molecule has 1 saturated carbocycles. The first kappa shape index (κ1) is 20.0. The largest absolute Gasteiger partial charge is 0.378 e. The number of guanidine groups is 1. The van der Waals surface area contributed by atoms with Gasteiger partial charge in [-0.1, -0.05) is 19.3 Å². The number of ether oxygens (including phenoxy) is 2. The Morgan fingerprint density at radius 3 is 2.64 bits per heavy atom. The predicted molar refractivity (Wildman–Crippen MR) is 101 cm³/mol. The fourth-order valence-corrected chi connectivity index (χ4v) is 3.00. The lowest BCUT2D eigenvalue weighted by Crippen LogP contribution is -2.41. The van der Waals surface area contributed by atoms with Gasteiger partial charge in [-0.2, -0.15) is 0 Å². The smallest absolute Gasteiger partial charge is 0.191 e. The Kier molecular flexibility index (Phi) is 11.2. The van der Waals surface area contributed by atoms with Crippen molar-refractivity contribution >= 4 is 29.9 Å². The first-order chi connectivity index (χ1) is 10.4. The Hall–Kier alpha value is -0.0800. The van der Waals surface area contributed by atoms with Gasteiger partial charge in [0, 0.05) is 33.4 Å². The van der Waals surface area contributed by atoms with Crippen LogP contribution < -0.4 is 10.6 Å². The van der Waals surface area contributed by atoms with Crippen LogP contribution in [0.25, 0.3) is 0 Å². The van der Waals surface area contributed by atoms with Crippen molar-refractivity contribution < 1.29 is 9.47 Å². The zero-order valence-corrected chi connectivity index (χ0v) is 16.1. The van der Waals surface area contributed by atoms with E-state index in [0.29, 0.717) is 12.2 Å². The van der Waals surface area contributed by atoms with E-state index in [-0.39, 0.29) is 24.0 Å². The molecule has 0 aromatic carbocycles. The lowest BCUT2D eigenvalue weighted by atomic mass is 9.98. The molecule has 0 spiro atoms. The molecule has 2 aliphatic rings. The SMILES string of the molecule is CN=C(NCCCOC1CCCCC1)NCC1CCCO1.I. The van der Waals surface area contributed by atoms with E-state index in [0.717, 1.165) is 45.1 Å². The van der Waals surface area contributed by atoms with Gasteiger partial charge in [0.25, 0.3) is 0 Å². The van der Waals surface area contributed by atoms with Crippen molar-refractivity contribution in [2.75, 3.05) is 33.4 Å². The van der Waals surface area contributed by atoms with E-state index >= 15 is 0 Å². The minimum Gasteiger partial charge on any atom is -0.378 e. The van der Waals surface area contributed by atoms with Gasteiger partial charge in [0.15, 0.2) is 5.96 Å². The van der Waals surface area contributed by atoms with Crippen molar-refractivity contribution in [3.8, 4) is 0 Å². The van der Waals surface area contributed by atoms with Gasteiger partial charge in [-0.15, -0.1) is 24.0 Å². The van der Waals surface area contributed by atoms with Crippen LogP contribution in [-0.2, 0) is 9.47 Å². The first-order valence-electron chi connectivity index (χ1n) is 8.56. The molecule has 0 aromatic heterocycles. The summed E-state index contributed by atoms with van der Waals surface area (Å²) in [6.07, 6.45) is 10.8. The van der Waals surface area contributed by atoms with Gasteiger partial charge in [0.05, 0.1) is 12.2 Å². The van der Waals surface area contributed by atoms with Crippen LogP contribution in [0.4, 0.5) is 0 Å². The van der Waals surface area contributed by atoms with Crippen LogP contribution in [0.2, 0.25) is 0 Å². The van der Waals surface area contributed by atoms with E-state index < -0.39 is 0 Å². The molecule has 1 atom stereocenters. The molecule has 1 unspecified atom stereocenters. The van der Waals surface area contributed by atoms with Gasteiger partial charge in [0.2, 0.25) is 0 Å². The Balaban J connectivity index is 0.00000242. The van der Waals surface area contributed by atoms with Crippen LogP contribution in [0.5, 0.6) is 0 Å². The summed E-state index contributed by atoms with van der Waals surface area (Å²) >= 11 is 0. The second-order valence-electron chi connectivity index (χ2n) is 6.00. The maximum Gasteiger partial charge on any atom is 0.191 e. The summed E-state index contributed by atoms with van der Waals surface area (Å²) in [5.41, 5.74) is 0. The van der Waals surface area contributed by atoms with Gasteiger partial charge in [-0.25, -0.2) is 0 Å². The lowest BCUT2D eigenvalue weighted by molar-refractivity contribution is 0.0277. The standard InChI is InChI=1S/C16H31N3O2.HI/c1-17-16(19-13-15-9-5-11-21-15)18-10-6-12-20-14-7-3-2-4-8-14;/h14-15H,2-13H2,1H3,(H2,17,18,19);1H. The normalized spacial score (nSPS) is 23.1. The molecule has 1 aliphatic heterocycles. The fraction of sp³-hybridized carbons (Fsp3) is 0.938. The minimum atomic E-state index is 0. The monoisotopic (exact) mass is 425 g/mol. The lowest BCUT2D eigenvalue weighted by Gasteiger charge is -2.22. The highest BCUT2D eigenvalue weighted by Crippen LogP contribution is 2.20. The summed E-state index contributed by atoms with van der Waals surface area (Å²) in [4.78, 5) is 4.23. The van der Waals surface area contributed by atoms with E-state index in [4.69, 9.17) is 9.47 Å². The predicted octanol–water partition coefficient (Wildman–Crippen LogP) is 2.69. The average Bonchev–Trinajstić information content (AvgIpc) is 3.04. The van der Waals surface area contributed by atoms with Gasteiger partial charge in [-0.05, 0) is 32.1 Å². The van der Waals surface area contributed by atoms with Crippen molar-refractivity contribution in [3.05, 3.63) is 0 Å². The molecule has 2 fully saturated rings. The summed E-state index contributed by atoms with van der Waals surface area (Å²) in [5, 5.41) is 6.66. The number of aliphatic imine (C=N–C) groups is 1. The van der Waals surface area contributed by atoms with Crippen LogP contribution in [0, 0.1) is 0 Å². The molecule has 2 rings (SSSR count). The van der Waals surface area contributed by atoms with Gasteiger partial charge in [0.1, 0.15) is 0 Å². The van der Waals surface area contributed by atoms with Gasteiger partial charge >= 0.3 is 0 Å². The molecule has 1 aliphatic carbocycles. The van der Waals surface area contributed by atoms with Crippen molar-refractivity contribution in [1.29, 1.82) is 0 Å². The molecule has 130 valence electrons. The zero-order valence-electron chi connectivity index (χ0n) is 13.8. The van der Waals surface area contributed by atoms with E-state index in [2.05, 4.69) is 15.6 Å². The van der Waals surface area contributed by atoms with Crippen LogP contribution in [0.1, 0.15) is 51.4 Å². The Morgan fingerprint density at radius 2 is 1.95 bits per heavy atom. The highest BCUT2D eigenvalue weighted by atomic mass is 127. The number of hydrogen-bond acceptors (Lipinski definition) is 3. The number of hydrogen-bond donors (Lipinski definition) is 2. The molecule has 0 aromatic rings. The number of nitrogens with one attached hydrogen (secondary N) is 2. The maximum atomic E-state index is 5.92. The van der Waals surface area contributed by atoms with Crippen molar-refractivity contribution in [2.24, 2.45) is 4.99 Å². The number of rotatable bonds is 7. The van der Waals surface area contributed by atoms with Gasteiger partial charge in [-0.3, -0.25) is 4.99 Å². The quantitative estimate of drug-likeness (QED) is 0.285. The summed E-state index contributed by atoms with van der Waals surface area (Å²) in [7, 11) is 1.81. The second kappa shape index (κ2) is 12.4. The molecule has 6 heteroatoms. The van der Waals surface area contributed by atoms with Crippen molar-refractivity contribution in [3.63, 3.8) is 0 Å². The third kappa shape index (κ3) is 7.97. The second-order valence-corrected chi connectivity index (χ2v) is 6.00. The maximum absolute atomic E-state index is 5.92. The van der Waals surface area contributed by atoms with E-state index in [1.165, 1.54) is 38.5 Å². The number of nitrogens with zero attached hydrogens (tertiary/aromatic N) is 1. The zero-order chi connectivity index (χ0) is 14.8. The summed E-state index contributed by atoms with van der Waals surface area (Å²) in [6.45, 7) is 3.49. The van der Waals surface area contributed by atoms with Crippen LogP contribution in [-0.4, -0.2) is 51.5 Å². The molecule has 0 amide bonds. The molecular formula is C16H32IN3O2. The Morgan fingerprint density at radius 1 is 1.14 bits per heavy atom. The molecule has 0 bridgehead atoms. The van der Waals surface area contributed by atoms with Crippen LogP contribution >= 0.6 is 24.0 Å². The third-order valence-corrected chi connectivity index (χ3v) is 4.26. The Bertz CT molecular complexity index is 304. The minimum absolute atomic E-state index is 0. The van der Waals surface area contributed by atoms with E-state index in [1.54, 1.807) is 0 Å². The van der Waals surface area contributed by atoms with E-state index in [1.807, 2.05) is 7.05 Å². The first-order valence-corrected chi connectivity index (χ1v) is 8.56. The molecule has 0 radical (unpaired) electrons. The highest BCUT2D eigenvalue weighted by molar-refractivity contribution is 14.0.